The SMILES string of the molecule is COC(=O)/C=C/N=Nc1ccc(C)cc1. The lowest BCUT2D eigenvalue weighted by Crippen LogP contribution is -1.92. The molecule has 0 N–H and O–H groups in total. The second-order valence-electron chi connectivity index (χ2n) is 2.89. The topological polar surface area (TPSA) is 51.0 Å². The number of hydrogen-bond donors (Lipinski definition) is 0. The van der Waals surface area contributed by atoms with E-state index in [-0.39, 0.29) is 0 Å². The molecule has 0 radical (unpaired) electrons. The Hall–Kier alpha value is -1.97. The fourth-order valence-electron chi connectivity index (χ4n) is 0.874. The van der Waals surface area contributed by atoms with Crippen molar-refractivity contribution >= 4 is 11.7 Å². The molecule has 1 aromatic rings. The molecule has 0 saturated carbocycles. The Kier molecular flexibility index (Phi) is 4.22. The molecule has 0 unspecified atom stereocenters. The molecule has 0 bridgehead atoms. The van der Waals surface area contributed by atoms with Gasteiger partial charge in [0.15, 0.2) is 0 Å². The fraction of sp³-hybridized carbons (Fsp3) is 0.182. The van der Waals surface area contributed by atoms with Crippen molar-refractivity contribution in [3.05, 3.63) is 42.1 Å². The molecule has 0 spiro atoms. The number of ether oxygens (including phenoxy) is 1. The maximum Gasteiger partial charge on any atom is 0.332 e. The minimum Gasteiger partial charge on any atom is -0.466 e. The van der Waals surface area contributed by atoms with E-state index in [9.17, 15) is 4.79 Å². The van der Waals surface area contributed by atoms with Crippen LogP contribution in [-0.2, 0) is 9.53 Å². The standard InChI is InChI=1S/C11H12N2O2/c1-9-3-5-10(6-4-9)13-12-8-7-11(14)15-2/h3-8H,1-2H3/b8-7+,13-12?. The number of aryl methyl sites for hydroxylation is 1. The maximum absolute atomic E-state index is 10.7. The van der Waals surface area contributed by atoms with Crippen LogP contribution in [0.25, 0.3) is 0 Å². The quantitative estimate of drug-likeness (QED) is 0.432. The number of esters is 1. The van der Waals surface area contributed by atoms with Gasteiger partial charge in [0.2, 0.25) is 0 Å². The average Bonchev–Trinajstić information content (AvgIpc) is 2.26. The van der Waals surface area contributed by atoms with E-state index in [0.717, 1.165) is 5.69 Å². The molecule has 4 heteroatoms. The predicted octanol–water partition coefficient (Wildman–Crippen LogP) is 2.77. The highest BCUT2D eigenvalue weighted by Gasteiger charge is 1.89. The van der Waals surface area contributed by atoms with E-state index in [1.165, 1.54) is 24.9 Å². The molecular formula is C11H12N2O2. The molecule has 78 valence electrons. The van der Waals surface area contributed by atoms with Gasteiger partial charge < -0.3 is 4.74 Å². The zero-order chi connectivity index (χ0) is 11.1. The third-order valence-corrected chi connectivity index (χ3v) is 1.69. The van der Waals surface area contributed by atoms with Crippen molar-refractivity contribution in [2.75, 3.05) is 7.11 Å². The highest BCUT2D eigenvalue weighted by atomic mass is 16.5. The second kappa shape index (κ2) is 5.70. The molecule has 0 aromatic heterocycles. The molecule has 0 aliphatic carbocycles. The van der Waals surface area contributed by atoms with Crippen LogP contribution in [0.2, 0.25) is 0 Å². The largest absolute Gasteiger partial charge is 0.466 e. The highest BCUT2D eigenvalue weighted by molar-refractivity contribution is 5.81. The number of hydrogen-bond acceptors (Lipinski definition) is 4. The summed E-state index contributed by atoms with van der Waals surface area (Å²) < 4.78 is 4.39. The summed E-state index contributed by atoms with van der Waals surface area (Å²) in [4.78, 5) is 10.7. The van der Waals surface area contributed by atoms with Crippen LogP contribution in [0.3, 0.4) is 0 Å². The molecule has 0 atom stereocenters. The van der Waals surface area contributed by atoms with Gasteiger partial charge in [0, 0.05) is 6.08 Å². The number of carbonyl (C=O) groups is 1. The van der Waals surface area contributed by atoms with E-state index in [0.29, 0.717) is 0 Å². The van der Waals surface area contributed by atoms with Gasteiger partial charge in [-0.1, -0.05) is 17.7 Å². The van der Waals surface area contributed by atoms with Crippen molar-refractivity contribution in [3.8, 4) is 0 Å². The lowest BCUT2D eigenvalue weighted by molar-refractivity contribution is -0.134. The maximum atomic E-state index is 10.7. The van der Waals surface area contributed by atoms with Gasteiger partial charge >= 0.3 is 5.97 Å². The van der Waals surface area contributed by atoms with Gasteiger partial charge in [-0.05, 0) is 19.1 Å². The third kappa shape index (κ3) is 4.17. The fourth-order valence-corrected chi connectivity index (χ4v) is 0.874. The van der Waals surface area contributed by atoms with E-state index >= 15 is 0 Å². The molecular weight excluding hydrogens is 192 g/mol. The molecule has 0 fully saturated rings. The number of azo groups is 1. The van der Waals surface area contributed by atoms with E-state index in [1.807, 2.05) is 31.2 Å². The first-order valence-corrected chi connectivity index (χ1v) is 4.44. The Labute approximate surface area is 88.3 Å². The smallest absolute Gasteiger partial charge is 0.332 e. The van der Waals surface area contributed by atoms with Crippen LogP contribution in [0, 0.1) is 6.92 Å². The summed E-state index contributed by atoms with van der Waals surface area (Å²) in [6, 6.07) is 7.59. The van der Waals surface area contributed by atoms with Gasteiger partial charge in [0.1, 0.15) is 0 Å². The highest BCUT2D eigenvalue weighted by Crippen LogP contribution is 2.12. The summed E-state index contributed by atoms with van der Waals surface area (Å²) in [7, 11) is 1.31. The van der Waals surface area contributed by atoms with Crippen molar-refractivity contribution in [1.82, 2.24) is 0 Å². The van der Waals surface area contributed by atoms with Crippen LogP contribution in [-0.4, -0.2) is 13.1 Å². The summed E-state index contributed by atoms with van der Waals surface area (Å²) in [6.07, 6.45) is 2.50. The molecule has 0 aliphatic heterocycles. The summed E-state index contributed by atoms with van der Waals surface area (Å²) >= 11 is 0. The molecule has 1 aromatic carbocycles. The minimum absolute atomic E-state index is 0.446. The zero-order valence-corrected chi connectivity index (χ0v) is 8.68. The van der Waals surface area contributed by atoms with Crippen molar-refractivity contribution in [2.45, 2.75) is 6.92 Å². The lowest BCUT2D eigenvalue weighted by Gasteiger charge is -1.91. The van der Waals surface area contributed by atoms with Crippen LogP contribution >= 0.6 is 0 Å². The van der Waals surface area contributed by atoms with Crippen LogP contribution < -0.4 is 0 Å². The molecule has 0 aliphatic rings. The monoisotopic (exact) mass is 204 g/mol. The van der Waals surface area contributed by atoms with Crippen molar-refractivity contribution in [1.29, 1.82) is 0 Å². The predicted molar refractivity (Wildman–Crippen MR) is 56.9 cm³/mol. The third-order valence-electron chi connectivity index (χ3n) is 1.69. The molecule has 15 heavy (non-hydrogen) atoms. The Bertz CT molecular complexity index is 380. The molecule has 4 nitrogen and oxygen atoms in total. The van der Waals surface area contributed by atoms with Gasteiger partial charge in [0.05, 0.1) is 19.0 Å². The summed E-state index contributed by atoms with van der Waals surface area (Å²) in [6.45, 7) is 2.00. The van der Waals surface area contributed by atoms with Crippen LogP contribution in [0.4, 0.5) is 5.69 Å². The molecule has 0 saturated heterocycles. The number of benzene rings is 1. The van der Waals surface area contributed by atoms with Gasteiger partial charge in [-0.25, -0.2) is 4.79 Å². The Morgan fingerprint density at radius 2 is 2.00 bits per heavy atom. The van der Waals surface area contributed by atoms with Crippen molar-refractivity contribution in [2.24, 2.45) is 10.2 Å². The molecule has 1 rings (SSSR count). The first-order valence-electron chi connectivity index (χ1n) is 4.44. The Morgan fingerprint density at radius 1 is 1.33 bits per heavy atom. The van der Waals surface area contributed by atoms with Crippen LogP contribution in [0.5, 0.6) is 0 Å². The Morgan fingerprint density at radius 3 is 2.60 bits per heavy atom. The first-order chi connectivity index (χ1) is 7.22. The number of rotatable bonds is 3. The summed E-state index contributed by atoms with van der Waals surface area (Å²) in [5, 5.41) is 7.59. The average molecular weight is 204 g/mol. The number of methoxy groups -OCH3 is 1. The van der Waals surface area contributed by atoms with Gasteiger partial charge in [-0.2, -0.15) is 10.2 Å². The number of nitrogens with zero attached hydrogens (tertiary/aromatic N) is 2. The molecule has 0 heterocycles. The van der Waals surface area contributed by atoms with E-state index < -0.39 is 5.97 Å². The van der Waals surface area contributed by atoms with E-state index in [2.05, 4.69) is 15.0 Å². The van der Waals surface area contributed by atoms with Crippen LogP contribution in [0.1, 0.15) is 5.56 Å². The van der Waals surface area contributed by atoms with E-state index in [4.69, 9.17) is 0 Å². The zero-order valence-electron chi connectivity index (χ0n) is 8.68. The van der Waals surface area contributed by atoms with Gasteiger partial charge in [-0.3, -0.25) is 0 Å². The summed E-state index contributed by atoms with van der Waals surface area (Å²) in [5.74, 6) is -0.446. The Balaban J connectivity index is 2.55. The minimum atomic E-state index is -0.446. The first kappa shape index (κ1) is 11.1. The van der Waals surface area contributed by atoms with Crippen molar-refractivity contribution in [3.63, 3.8) is 0 Å². The van der Waals surface area contributed by atoms with Gasteiger partial charge in [0.25, 0.3) is 0 Å². The second-order valence-corrected chi connectivity index (χ2v) is 2.89. The van der Waals surface area contributed by atoms with Crippen LogP contribution in [0.15, 0.2) is 46.8 Å². The van der Waals surface area contributed by atoms with E-state index in [1.54, 1.807) is 0 Å². The summed E-state index contributed by atoms with van der Waals surface area (Å²) in [5.41, 5.74) is 1.91. The van der Waals surface area contributed by atoms with Gasteiger partial charge in [-0.15, -0.1) is 0 Å². The normalized spacial score (nSPS) is 11.1. The molecule has 0 amide bonds. The number of carbonyl (C=O) groups excluding carboxylic acids is 1. The lowest BCUT2D eigenvalue weighted by atomic mass is 10.2. The van der Waals surface area contributed by atoms with Crippen molar-refractivity contribution < 1.29 is 9.53 Å².